The Hall–Kier alpha value is -1.04. The maximum Gasteiger partial charge on any atom is 0.258 e. The predicted octanol–water partition coefficient (Wildman–Crippen LogP) is 1.97. The molecule has 1 saturated carbocycles. The molecule has 8 nitrogen and oxygen atoms in total. The van der Waals surface area contributed by atoms with Gasteiger partial charge in [-0.3, -0.25) is 0 Å². The van der Waals surface area contributed by atoms with Gasteiger partial charge in [0.2, 0.25) is 0 Å². The van der Waals surface area contributed by atoms with Crippen LogP contribution < -0.4 is 5.73 Å². The van der Waals surface area contributed by atoms with E-state index in [4.69, 9.17) is 15.0 Å². The van der Waals surface area contributed by atoms with Crippen molar-refractivity contribution in [1.29, 1.82) is 0 Å². The normalized spacial score (nSPS) is 20.8. The van der Waals surface area contributed by atoms with Crippen LogP contribution in [0.15, 0.2) is 20.2 Å². The van der Waals surface area contributed by atoms with Gasteiger partial charge >= 0.3 is 0 Å². The molecule has 2 N–H and O–H groups in total. The Kier molecular flexibility index (Phi) is 5.71. The zero-order chi connectivity index (χ0) is 17.5. The van der Waals surface area contributed by atoms with Crippen LogP contribution in [0.4, 0.5) is 0 Å². The summed E-state index contributed by atoms with van der Waals surface area (Å²) >= 11 is 1.16. The number of hydrogen-bond acceptors (Lipinski definition) is 8. The molecule has 0 atom stereocenters. The number of aromatic nitrogens is 2. The van der Waals surface area contributed by atoms with Crippen LogP contribution in [-0.4, -0.2) is 49.2 Å². The molecule has 0 unspecified atom stereocenters. The van der Waals surface area contributed by atoms with E-state index in [0.717, 1.165) is 37.0 Å². The molecule has 0 amide bonds. The Balaban J connectivity index is 0.00000196. The van der Waals surface area contributed by atoms with Crippen molar-refractivity contribution in [1.82, 2.24) is 14.4 Å². The molecule has 1 saturated heterocycles. The maximum atomic E-state index is 12.7. The summed E-state index contributed by atoms with van der Waals surface area (Å²) in [5.41, 5.74) is 6.43. The first-order chi connectivity index (χ1) is 12.0. The van der Waals surface area contributed by atoms with E-state index >= 15 is 0 Å². The fourth-order valence-electron chi connectivity index (χ4n) is 3.25. The first-order valence-corrected chi connectivity index (χ1v) is 10.6. The molecule has 0 bridgehead atoms. The number of halogens is 1. The van der Waals surface area contributed by atoms with E-state index in [1.165, 1.54) is 4.31 Å². The molecule has 2 aromatic heterocycles. The Morgan fingerprint density at radius 3 is 2.62 bits per heavy atom. The van der Waals surface area contributed by atoms with Crippen molar-refractivity contribution in [3.05, 3.63) is 17.3 Å². The summed E-state index contributed by atoms with van der Waals surface area (Å²) < 4.78 is 37.7. The van der Waals surface area contributed by atoms with Crippen LogP contribution in [-0.2, 0) is 20.3 Å². The van der Waals surface area contributed by atoms with Crippen LogP contribution in [0.25, 0.3) is 11.5 Å². The van der Waals surface area contributed by atoms with Gasteiger partial charge in [-0.15, -0.1) is 23.7 Å². The van der Waals surface area contributed by atoms with Crippen molar-refractivity contribution in [3.63, 3.8) is 0 Å². The number of thiophene rings is 1. The summed E-state index contributed by atoms with van der Waals surface area (Å²) in [5, 5.41) is 5.75. The minimum Gasteiger partial charge on any atom is -0.379 e. The Bertz CT molecular complexity index is 855. The molecule has 1 aliphatic carbocycles. The fourth-order valence-corrected chi connectivity index (χ4v) is 5.96. The number of nitrogens with two attached hydrogens (primary N) is 1. The van der Waals surface area contributed by atoms with E-state index in [1.54, 1.807) is 11.4 Å². The summed E-state index contributed by atoms with van der Waals surface area (Å²) in [6, 6.07) is 1.59. The van der Waals surface area contributed by atoms with Crippen LogP contribution in [0.5, 0.6) is 0 Å². The Morgan fingerprint density at radius 1 is 1.23 bits per heavy atom. The third-order valence-electron chi connectivity index (χ3n) is 4.75. The highest BCUT2D eigenvalue weighted by Gasteiger charge is 2.36. The molecule has 2 fully saturated rings. The lowest BCUT2D eigenvalue weighted by atomic mass is 9.99. The summed E-state index contributed by atoms with van der Waals surface area (Å²) in [6.45, 7) is 1.58. The van der Waals surface area contributed by atoms with Crippen molar-refractivity contribution in [2.24, 2.45) is 5.73 Å². The van der Waals surface area contributed by atoms with Gasteiger partial charge in [0.25, 0.3) is 15.9 Å². The van der Waals surface area contributed by atoms with Gasteiger partial charge in [0.15, 0.2) is 5.82 Å². The lowest BCUT2D eigenvalue weighted by Gasteiger charge is -2.25. The topological polar surface area (TPSA) is 112 Å². The van der Waals surface area contributed by atoms with Crippen LogP contribution in [0, 0.1) is 0 Å². The number of rotatable bonds is 4. The number of hydrogen-bond donors (Lipinski definition) is 1. The summed E-state index contributed by atoms with van der Waals surface area (Å²) in [5.74, 6) is 0.815. The second kappa shape index (κ2) is 7.53. The van der Waals surface area contributed by atoms with E-state index < -0.39 is 15.6 Å². The van der Waals surface area contributed by atoms with Crippen molar-refractivity contribution in [3.8, 4) is 11.5 Å². The minimum absolute atomic E-state index is 0. The third kappa shape index (κ3) is 3.54. The highest BCUT2D eigenvalue weighted by molar-refractivity contribution is 7.91. The first kappa shape index (κ1) is 19.7. The SMILES string of the molecule is Cl.NC1(c2noc(-c3csc(S(=O)(=O)N4CCOCC4)c3)n2)CCCC1. The van der Waals surface area contributed by atoms with Crippen LogP contribution in [0.2, 0.25) is 0 Å². The second-order valence-electron chi connectivity index (χ2n) is 6.46. The van der Waals surface area contributed by atoms with Crippen LogP contribution in [0.1, 0.15) is 31.5 Å². The van der Waals surface area contributed by atoms with Gasteiger partial charge in [-0.05, 0) is 18.9 Å². The van der Waals surface area contributed by atoms with Crippen LogP contribution >= 0.6 is 23.7 Å². The average Bonchev–Trinajstić information content (AvgIpc) is 3.35. The summed E-state index contributed by atoms with van der Waals surface area (Å²) in [6.07, 6.45) is 3.79. The smallest absolute Gasteiger partial charge is 0.258 e. The van der Waals surface area contributed by atoms with E-state index in [0.29, 0.717) is 43.6 Å². The molecule has 144 valence electrons. The number of nitrogens with zero attached hydrogens (tertiary/aromatic N) is 3. The van der Waals surface area contributed by atoms with Crippen molar-refractivity contribution in [2.45, 2.75) is 35.4 Å². The molecule has 3 heterocycles. The van der Waals surface area contributed by atoms with Gasteiger partial charge in [0, 0.05) is 18.5 Å². The van der Waals surface area contributed by atoms with Crippen LogP contribution in [0.3, 0.4) is 0 Å². The summed E-state index contributed by atoms with van der Waals surface area (Å²) in [4.78, 5) is 4.42. The number of ether oxygens (including phenoxy) is 1. The molecular weight excluding hydrogens is 400 g/mol. The highest BCUT2D eigenvalue weighted by Crippen LogP contribution is 2.36. The van der Waals surface area contributed by atoms with Gasteiger partial charge in [0.1, 0.15) is 4.21 Å². The average molecular weight is 421 g/mol. The first-order valence-electron chi connectivity index (χ1n) is 8.29. The minimum atomic E-state index is -3.51. The van der Waals surface area contributed by atoms with Gasteiger partial charge in [-0.25, -0.2) is 8.42 Å². The molecule has 0 spiro atoms. The highest BCUT2D eigenvalue weighted by atomic mass is 35.5. The van der Waals surface area contributed by atoms with E-state index in [2.05, 4.69) is 10.1 Å². The van der Waals surface area contributed by atoms with E-state index in [-0.39, 0.29) is 16.6 Å². The molecular formula is C15H21ClN4O4S2. The number of morpholine rings is 1. The van der Waals surface area contributed by atoms with Gasteiger partial charge < -0.3 is 15.0 Å². The zero-order valence-electron chi connectivity index (χ0n) is 14.1. The third-order valence-corrected chi connectivity index (χ3v) is 8.07. The molecule has 1 aliphatic heterocycles. The van der Waals surface area contributed by atoms with Crippen molar-refractivity contribution >= 4 is 33.8 Å². The molecule has 0 aromatic carbocycles. The second-order valence-corrected chi connectivity index (χ2v) is 9.53. The van der Waals surface area contributed by atoms with Gasteiger partial charge in [-0.1, -0.05) is 18.0 Å². The standard InChI is InChI=1S/C15H20N4O4S2.ClH/c16-15(3-1-2-4-15)14-17-13(23-18-14)11-9-12(24-10-11)25(20,21)19-5-7-22-8-6-19;/h9-10H,1-8,16H2;1H. The van der Waals surface area contributed by atoms with Gasteiger partial charge in [0.05, 0.1) is 24.3 Å². The lowest BCUT2D eigenvalue weighted by molar-refractivity contribution is 0.0731. The Labute approximate surface area is 162 Å². The van der Waals surface area contributed by atoms with Gasteiger partial charge in [-0.2, -0.15) is 9.29 Å². The predicted molar refractivity (Wildman–Crippen MR) is 98.8 cm³/mol. The molecule has 4 rings (SSSR count). The molecule has 2 aromatic rings. The number of sulfonamides is 1. The summed E-state index contributed by atoms with van der Waals surface area (Å²) in [7, 11) is -3.51. The van der Waals surface area contributed by atoms with E-state index in [9.17, 15) is 8.42 Å². The largest absolute Gasteiger partial charge is 0.379 e. The molecule has 26 heavy (non-hydrogen) atoms. The van der Waals surface area contributed by atoms with Crippen molar-refractivity contribution in [2.75, 3.05) is 26.3 Å². The molecule has 0 radical (unpaired) electrons. The maximum absolute atomic E-state index is 12.7. The van der Waals surface area contributed by atoms with E-state index in [1.807, 2.05) is 0 Å². The lowest BCUT2D eigenvalue weighted by Crippen LogP contribution is -2.40. The molecule has 11 heteroatoms. The quantitative estimate of drug-likeness (QED) is 0.804. The Morgan fingerprint density at radius 2 is 1.92 bits per heavy atom. The monoisotopic (exact) mass is 420 g/mol. The zero-order valence-corrected chi connectivity index (χ0v) is 16.5. The van der Waals surface area contributed by atoms with Crippen molar-refractivity contribution < 1.29 is 17.7 Å². The fraction of sp³-hybridized carbons (Fsp3) is 0.600. The molecule has 2 aliphatic rings.